The number of nitrogens with one attached hydrogen (secondary N) is 2. The molecule has 8 rings (SSSR count). The fraction of sp³-hybridized carbons (Fsp3) is 0.462. The first-order chi connectivity index (χ1) is 30.8. The van der Waals surface area contributed by atoms with Gasteiger partial charge in [0.25, 0.3) is 5.91 Å². The molecule has 0 aromatic heterocycles. The van der Waals surface area contributed by atoms with Crippen LogP contribution in [0.3, 0.4) is 0 Å². The van der Waals surface area contributed by atoms with Crippen LogP contribution in [0.25, 0.3) is 11.1 Å². The summed E-state index contributed by atoms with van der Waals surface area (Å²) in [5, 5.41) is 15.7. The molecule has 12 heteroatoms. The molecule has 12 nitrogen and oxygen atoms in total. The molecule has 3 aliphatic heterocycles. The van der Waals surface area contributed by atoms with Gasteiger partial charge < -0.3 is 30.0 Å². The number of amides is 4. The molecule has 8 atom stereocenters. The van der Waals surface area contributed by atoms with Crippen LogP contribution in [0.2, 0.25) is 0 Å². The minimum atomic E-state index is -1.01. The summed E-state index contributed by atoms with van der Waals surface area (Å²) in [6, 6.07) is 31.9. The number of ether oxygens (including phenoxy) is 3. The van der Waals surface area contributed by atoms with Crippen molar-refractivity contribution < 1.29 is 38.5 Å². The molecule has 3 saturated heterocycles. The Morgan fingerprint density at radius 3 is 2.25 bits per heavy atom. The van der Waals surface area contributed by atoms with Crippen molar-refractivity contribution in [3.63, 3.8) is 0 Å². The molecule has 4 aromatic carbocycles. The first-order valence-electron chi connectivity index (χ1n) is 22.9. The summed E-state index contributed by atoms with van der Waals surface area (Å²) in [6.07, 6.45) is 4.34. The van der Waals surface area contributed by atoms with Crippen molar-refractivity contribution in [1.82, 2.24) is 20.4 Å². The molecule has 1 saturated carbocycles. The van der Waals surface area contributed by atoms with Gasteiger partial charge in [-0.05, 0) is 85.8 Å². The minimum Gasteiger partial charge on any atom is -0.445 e. The monoisotopic (exact) mass is 870 g/mol. The van der Waals surface area contributed by atoms with E-state index in [1.807, 2.05) is 124 Å². The van der Waals surface area contributed by atoms with Crippen LogP contribution in [0.1, 0.15) is 113 Å². The molecule has 1 unspecified atom stereocenters. The van der Waals surface area contributed by atoms with E-state index in [1.54, 1.807) is 0 Å². The SMILES string of the molecule is C[C@H]1[C@@H](CN2[C@@H](C(=O)NC(C)(C)C)CC[C@H]3CCCC[C@H]32)O[C@@H](c2ccc(-c3ccccc3CN3C(=O)CC(NC(=O)OCc4ccccc4)C3=O)cc2)O[C@H]1c1ccc(CO)cc1. The lowest BCUT2D eigenvalue weighted by Gasteiger charge is -2.51. The largest absolute Gasteiger partial charge is 0.445 e. The van der Waals surface area contributed by atoms with Gasteiger partial charge in [-0.15, -0.1) is 0 Å². The topological polar surface area (TPSA) is 147 Å². The van der Waals surface area contributed by atoms with E-state index in [0.29, 0.717) is 18.5 Å². The molecule has 4 aromatic rings. The Bertz CT molecular complexity index is 2260. The van der Waals surface area contributed by atoms with Gasteiger partial charge in [0.15, 0.2) is 6.29 Å². The average molecular weight is 871 g/mol. The summed E-state index contributed by atoms with van der Waals surface area (Å²) in [5.41, 5.74) is 5.65. The van der Waals surface area contributed by atoms with Gasteiger partial charge in [0.05, 0.1) is 37.8 Å². The number of imide groups is 1. The van der Waals surface area contributed by atoms with Crippen molar-refractivity contribution in [3.8, 4) is 11.1 Å². The van der Waals surface area contributed by atoms with E-state index >= 15 is 0 Å². The predicted octanol–water partition coefficient (Wildman–Crippen LogP) is 8.13. The molecule has 4 aliphatic rings. The quantitative estimate of drug-likeness (QED) is 0.120. The molecule has 4 fully saturated rings. The van der Waals surface area contributed by atoms with Crippen molar-refractivity contribution in [2.45, 2.75) is 135 Å². The highest BCUT2D eigenvalue weighted by molar-refractivity contribution is 6.06. The fourth-order valence-corrected chi connectivity index (χ4v) is 10.1. The molecule has 3 N–H and O–H groups in total. The van der Waals surface area contributed by atoms with E-state index < -0.39 is 24.3 Å². The van der Waals surface area contributed by atoms with Gasteiger partial charge in [-0.3, -0.25) is 24.2 Å². The van der Waals surface area contributed by atoms with Crippen molar-refractivity contribution in [3.05, 3.63) is 131 Å². The van der Waals surface area contributed by atoms with E-state index in [4.69, 9.17) is 14.2 Å². The highest BCUT2D eigenvalue weighted by Crippen LogP contribution is 2.45. The Morgan fingerprint density at radius 2 is 1.52 bits per heavy atom. The van der Waals surface area contributed by atoms with Crippen LogP contribution in [0, 0.1) is 11.8 Å². The van der Waals surface area contributed by atoms with Crippen LogP contribution in [0.4, 0.5) is 4.79 Å². The van der Waals surface area contributed by atoms with Crippen molar-refractivity contribution in [1.29, 1.82) is 0 Å². The second-order valence-electron chi connectivity index (χ2n) is 19.0. The van der Waals surface area contributed by atoms with E-state index in [1.165, 1.54) is 17.7 Å². The number of piperidine rings is 1. The Balaban J connectivity index is 1.01. The number of aliphatic hydroxyl groups is 1. The number of alkyl carbamates (subject to hydrolysis) is 1. The van der Waals surface area contributed by atoms with Crippen LogP contribution in [-0.2, 0) is 48.4 Å². The molecule has 1 aliphatic carbocycles. The first-order valence-corrected chi connectivity index (χ1v) is 22.9. The normalized spacial score (nSPS) is 26.3. The second kappa shape index (κ2) is 19.8. The van der Waals surface area contributed by atoms with Crippen LogP contribution in [-0.4, -0.2) is 75.0 Å². The molecule has 0 radical (unpaired) electrons. The van der Waals surface area contributed by atoms with Gasteiger partial charge in [-0.25, -0.2) is 4.79 Å². The van der Waals surface area contributed by atoms with Gasteiger partial charge in [0.2, 0.25) is 11.8 Å². The zero-order valence-corrected chi connectivity index (χ0v) is 37.4. The minimum absolute atomic E-state index is 0.0465. The van der Waals surface area contributed by atoms with Crippen molar-refractivity contribution in [2.24, 2.45) is 11.8 Å². The molecule has 64 heavy (non-hydrogen) atoms. The van der Waals surface area contributed by atoms with Crippen LogP contribution >= 0.6 is 0 Å². The number of nitrogens with zero attached hydrogens (tertiary/aromatic N) is 2. The van der Waals surface area contributed by atoms with Gasteiger partial charge in [-0.1, -0.05) is 123 Å². The molecule has 0 spiro atoms. The number of hydrogen-bond acceptors (Lipinski definition) is 9. The highest BCUT2D eigenvalue weighted by Gasteiger charge is 2.46. The summed E-state index contributed by atoms with van der Waals surface area (Å²) >= 11 is 0. The van der Waals surface area contributed by atoms with Gasteiger partial charge in [-0.2, -0.15) is 0 Å². The Hall–Kier alpha value is -5.40. The standard InChI is InChI=1S/C52H62N4O8/c1-33-45(30-55-43-17-11-9-14-37(43)26-27-44(55)48(59)54-52(2,3)4)63-50(64-47(33)38-20-18-34(31-57)19-21-38)39-24-22-36(23-25-39)41-16-10-8-15-40(41)29-56-46(58)28-42(49(56)60)53-51(61)62-32-35-12-6-5-7-13-35/h5-8,10,12-13,15-16,18-25,33,37,42-45,47,50,57H,9,11,14,17,26-32H2,1-4H3,(H,53,61)(H,54,59)/t33-,37+,42?,43+,44+,45+,47+,50+/m0/s1. The number of aliphatic hydroxyl groups excluding tert-OH is 1. The number of benzene rings is 4. The second-order valence-corrected chi connectivity index (χ2v) is 19.0. The van der Waals surface area contributed by atoms with E-state index in [0.717, 1.165) is 64.6 Å². The molecular formula is C52H62N4O8. The zero-order valence-electron chi connectivity index (χ0n) is 37.4. The summed E-state index contributed by atoms with van der Waals surface area (Å²) in [7, 11) is 0. The summed E-state index contributed by atoms with van der Waals surface area (Å²) in [4.78, 5) is 56.9. The number of carbonyl (C=O) groups is 4. The third-order valence-electron chi connectivity index (χ3n) is 13.4. The maximum Gasteiger partial charge on any atom is 0.408 e. The van der Waals surface area contributed by atoms with Crippen LogP contribution in [0.15, 0.2) is 103 Å². The summed E-state index contributed by atoms with van der Waals surface area (Å²) in [5.74, 6) is -0.265. The lowest BCUT2D eigenvalue weighted by Crippen LogP contribution is -2.61. The molecule has 3 heterocycles. The van der Waals surface area contributed by atoms with Gasteiger partial charge >= 0.3 is 6.09 Å². The lowest BCUT2D eigenvalue weighted by atomic mass is 9.75. The van der Waals surface area contributed by atoms with Crippen LogP contribution in [0.5, 0.6) is 0 Å². The predicted molar refractivity (Wildman–Crippen MR) is 242 cm³/mol. The summed E-state index contributed by atoms with van der Waals surface area (Å²) in [6.45, 7) is 8.91. The van der Waals surface area contributed by atoms with E-state index in [-0.39, 0.29) is 67.7 Å². The van der Waals surface area contributed by atoms with Gasteiger partial charge in [0, 0.05) is 29.6 Å². The first kappa shape index (κ1) is 45.2. The number of carbonyl (C=O) groups excluding carboxylic acids is 4. The van der Waals surface area contributed by atoms with Crippen LogP contribution < -0.4 is 10.6 Å². The molecule has 4 amide bonds. The Morgan fingerprint density at radius 1 is 0.812 bits per heavy atom. The molecular weight excluding hydrogens is 809 g/mol. The Labute approximate surface area is 376 Å². The number of hydrogen-bond donors (Lipinski definition) is 3. The highest BCUT2D eigenvalue weighted by atomic mass is 16.7. The number of likely N-dealkylation sites (tertiary alicyclic amines) is 2. The fourth-order valence-electron chi connectivity index (χ4n) is 10.1. The number of rotatable bonds is 12. The van der Waals surface area contributed by atoms with E-state index in [9.17, 15) is 24.3 Å². The molecule has 338 valence electrons. The molecule has 0 bridgehead atoms. The third kappa shape index (κ3) is 10.4. The third-order valence-corrected chi connectivity index (χ3v) is 13.4. The average Bonchev–Trinajstić information content (AvgIpc) is 3.56. The summed E-state index contributed by atoms with van der Waals surface area (Å²) < 4.78 is 19.2. The van der Waals surface area contributed by atoms with Gasteiger partial charge in [0.1, 0.15) is 12.6 Å². The Kier molecular flexibility index (Phi) is 14.0. The number of fused-ring (bicyclic) bond motifs is 1. The zero-order chi connectivity index (χ0) is 45.0. The maximum atomic E-state index is 14.0. The van der Waals surface area contributed by atoms with E-state index in [2.05, 4.69) is 22.5 Å². The maximum absolute atomic E-state index is 14.0. The lowest BCUT2D eigenvalue weighted by molar-refractivity contribution is -0.278. The smallest absolute Gasteiger partial charge is 0.408 e. The van der Waals surface area contributed by atoms with Crippen molar-refractivity contribution >= 4 is 23.8 Å². The van der Waals surface area contributed by atoms with Crippen molar-refractivity contribution in [2.75, 3.05) is 6.54 Å².